The predicted molar refractivity (Wildman–Crippen MR) is 70.2 cm³/mol. The van der Waals surface area contributed by atoms with E-state index in [2.05, 4.69) is 18.7 Å². The standard InChI is InChI=1S/C14H21NO3/c1-11(2)9-13(15(3)17)14(16)18-10-12-7-5-4-6-8-12/h5,7-8,13,17H,1,4,6,9-10H2,2-3H3/t13-/m0/s1. The zero-order valence-electron chi connectivity index (χ0n) is 11.1. The second-order valence-electron chi connectivity index (χ2n) is 4.62. The molecule has 0 saturated heterocycles. The third kappa shape index (κ3) is 4.85. The average molecular weight is 251 g/mol. The lowest BCUT2D eigenvalue weighted by Crippen LogP contribution is -2.38. The lowest BCUT2D eigenvalue weighted by atomic mass is 10.1. The number of hydrogen-bond donors (Lipinski definition) is 1. The minimum absolute atomic E-state index is 0.260. The van der Waals surface area contributed by atoms with Crippen LogP contribution in [0.2, 0.25) is 0 Å². The Balaban J connectivity index is 2.48. The molecule has 0 amide bonds. The van der Waals surface area contributed by atoms with Gasteiger partial charge in [-0.2, -0.15) is 5.06 Å². The molecule has 0 aromatic heterocycles. The van der Waals surface area contributed by atoms with Crippen LogP contribution in [0.15, 0.2) is 36.0 Å². The Hall–Kier alpha value is -1.39. The van der Waals surface area contributed by atoms with Crippen molar-refractivity contribution in [2.75, 3.05) is 13.7 Å². The molecule has 4 nitrogen and oxygen atoms in total. The highest BCUT2D eigenvalue weighted by Gasteiger charge is 2.24. The van der Waals surface area contributed by atoms with Crippen molar-refractivity contribution in [2.45, 2.75) is 32.2 Å². The molecule has 1 aliphatic carbocycles. The maximum atomic E-state index is 11.8. The van der Waals surface area contributed by atoms with Crippen molar-refractivity contribution in [1.29, 1.82) is 0 Å². The highest BCUT2D eigenvalue weighted by molar-refractivity contribution is 5.76. The molecule has 1 aliphatic rings. The molecule has 0 saturated carbocycles. The summed E-state index contributed by atoms with van der Waals surface area (Å²) in [6, 6.07) is -0.685. The van der Waals surface area contributed by atoms with Crippen LogP contribution in [0.4, 0.5) is 0 Å². The number of carbonyl (C=O) groups is 1. The number of hydrogen-bond acceptors (Lipinski definition) is 4. The highest BCUT2D eigenvalue weighted by atomic mass is 16.5. The van der Waals surface area contributed by atoms with Gasteiger partial charge in [-0.3, -0.25) is 4.79 Å². The summed E-state index contributed by atoms with van der Waals surface area (Å²) >= 11 is 0. The van der Waals surface area contributed by atoms with Crippen molar-refractivity contribution in [1.82, 2.24) is 5.06 Å². The van der Waals surface area contributed by atoms with E-state index in [4.69, 9.17) is 4.74 Å². The largest absolute Gasteiger partial charge is 0.460 e. The second kappa shape index (κ2) is 7.13. The molecule has 18 heavy (non-hydrogen) atoms. The molecule has 0 fully saturated rings. The number of allylic oxidation sites excluding steroid dienone is 2. The lowest BCUT2D eigenvalue weighted by Gasteiger charge is -2.21. The number of nitrogens with zero attached hydrogens (tertiary/aromatic N) is 1. The molecule has 0 aromatic rings. The fourth-order valence-corrected chi connectivity index (χ4v) is 1.72. The highest BCUT2D eigenvalue weighted by Crippen LogP contribution is 2.12. The first-order valence-electron chi connectivity index (χ1n) is 6.09. The number of esters is 1. The minimum atomic E-state index is -0.685. The van der Waals surface area contributed by atoms with E-state index in [1.807, 2.05) is 13.0 Å². The summed E-state index contributed by atoms with van der Waals surface area (Å²) in [7, 11) is 1.44. The fourth-order valence-electron chi connectivity index (χ4n) is 1.72. The summed E-state index contributed by atoms with van der Waals surface area (Å²) in [5.74, 6) is -0.428. The van der Waals surface area contributed by atoms with Gasteiger partial charge >= 0.3 is 5.97 Å². The van der Waals surface area contributed by atoms with Crippen LogP contribution in [0, 0.1) is 0 Å². The second-order valence-corrected chi connectivity index (χ2v) is 4.62. The van der Waals surface area contributed by atoms with Gasteiger partial charge in [0.05, 0.1) is 0 Å². The molecular formula is C14H21NO3. The summed E-state index contributed by atoms with van der Waals surface area (Å²) < 4.78 is 5.20. The Morgan fingerprint density at radius 1 is 1.61 bits per heavy atom. The van der Waals surface area contributed by atoms with Crippen molar-refractivity contribution < 1.29 is 14.7 Å². The first-order chi connectivity index (χ1) is 8.50. The molecule has 0 heterocycles. The van der Waals surface area contributed by atoms with Crippen LogP contribution in [-0.2, 0) is 9.53 Å². The lowest BCUT2D eigenvalue weighted by molar-refractivity contribution is -0.167. The Kier molecular flexibility index (Phi) is 5.82. The normalized spacial score (nSPS) is 16.3. The number of hydroxylamine groups is 2. The molecule has 1 N–H and O–H groups in total. The zero-order chi connectivity index (χ0) is 13.5. The fraction of sp³-hybridized carbons (Fsp3) is 0.500. The van der Waals surface area contributed by atoms with Crippen LogP contribution in [0.1, 0.15) is 26.2 Å². The summed E-state index contributed by atoms with van der Waals surface area (Å²) in [6.07, 6.45) is 8.50. The Morgan fingerprint density at radius 3 is 2.83 bits per heavy atom. The van der Waals surface area contributed by atoms with Crippen molar-refractivity contribution in [3.05, 3.63) is 36.0 Å². The summed E-state index contributed by atoms with van der Waals surface area (Å²) in [5.41, 5.74) is 1.83. The van der Waals surface area contributed by atoms with Crippen LogP contribution in [0.5, 0.6) is 0 Å². The molecule has 1 rings (SSSR count). The molecule has 1 atom stereocenters. The van der Waals surface area contributed by atoms with Crippen LogP contribution in [0.3, 0.4) is 0 Å². The van der Waals surface area contributed by atoms with Crippen molar-refractivity contribution in [3.63, 3.8) is 0 Å². The Bertz CT molecular complexity index is 369. The van der Waals surface area contributed by atoms with Gasteiger partial charge in [0.15, 0.2) is 0 Å². The zero-order valence-corrected chi connectivity index (χ0v) is 11.1. The van der Waals surface area contributed by atoms with Crippen molar-refractivity contribution in [2.24, 2.45) is 0 Å². The predicted octanol–water partition coefficient (Wildman–Crippen LogP) is 2.46. The first-order valence-corrected chi connectivity index (χ1v) is 6.09. The third-order valence-corrected chi connectivity index (χ3v) is 2.72. The molecule has 100 valence electrons. The molecule has 0 spiro atoms. The monoisotopic (exact) mass is 251 g/mol. The van der Waals surface area contributed by atoms with Crippen LogP contribution in [-0.4, -0.2) is 35.9 Å². The minimum Gasteiger partial charge on any atom is -0.460 e. The van der Waals surface area contributed by atoms with E-state index in [1.54, 1.807) is 0 Å². The smallest absolute Gasteiger partial charge is 0.326 e. The van der Waals surface area contributed by atoms with Gasteiger partial charge in [0, 0.05) is 7.05 Å². The van der Waals surface area contributed by atoms with E-state index in [-0.39, 0.29) is 6.61 Å². The van der Waals surface area contributed by atoms with E-state index in [0.29, 0.717) is 6.42 Å². The van der Waals surface area contributed by atoms with Crippen LogP contribution < -0.4 is 0 Å². The number of ether oxygens (including phenoxy) is 1. The quantitative estimate of drug-likeness (QED) is 0.447. The van der Waals surface area contributed by atoms with E-state index in [1.165, 1.54) is 7.05 Å². The molecule has 0 bridgehead atoms. The maximum Gasteiger partial charge on any atom is 0.326 e. The molecule has 0 unspecified atom stereocenters. The van der Waals surface area contributed by atoms with Crippen molar-refractivity contribution >= 4 is 5.97 Å². The molecule has 4 heteroatoms. The number of rotatable bonds is 6. The van der Waals surface area contributed by atoms with Gasteiger partial charge < -0.3 is 9.94 Å². The van der Waals surface area contributed by atoms with Crippen LogP contribution >= 0.6 is 0 Å². The van der Waals surface area contributed by atoms with E-state index < -0.39 is 12.0 Å². The number of likely N-dealkylation sites (N-methyl/N-ethyl adjacent to an activating group) is 1. The molecular weight excluding hydrogens is 230 g/mol. The van der Waals surface area contributed by atoms with Gasteiger partial charge in [0.1, 0.15) is 12.6 Å². The molecule has 0 aromatic carbocycles. The van der Waals surface area contributed by atoms with E-state index >= 15 is 0 Å². The average Bonchev–Trinajstić information content (AvgIpc) is 2.34. The Morgan fingerprint density at radius 2 is 2.33 bits per heavy atom. The van der Waals surface area contributed by atoms with E-state index in [9.17, 15) is 10.0 Å². The maximum absolute atomic E-state index is 11.8. The van der Waals surface area contributed by atoms with Crippen LogP contribution in [0.25, 0.3) is 0 Å². The molecule has 0 aliphatic heterocycles. The molecule has 0 radical (unpaired) electrons. The SMILES string of the molecule is C=C(C)C[C@@H](C(=O)OCC1=CCCC=C1)N(C)O. The summed E-state index contributed by atoms with van der Waals surface area (Å²) in [6.45, 7) is 5.82. The van der Waals surface area contributed by atoms with Gasteiger partial charge in [0.2, 0.25) is 0 Å². The number of carbonyl (C=O) groups excluding carboxylic acids is 1. The van der Waals surface area contributed by atoms with Crippen molar-refractivity contribution in [3.8, 4) is 0 Å². The van der Waals surface area contributed by atoms with Gasteiger partial charge in [-0.25, -0.2) is 0 Å². The third-order valence-electron chi connectivity index (χ3n) is 2.72. The first kappa shape index (κ1) is 14.7. The van der Waals surface area contributed by atoms with Gasteiger partial charge in [0.25, 0.3) is 0 Å². The van der Waals surface area contributed by atoms with Gasteiger partial charge in [-0.1, -0.05) is 23.8 Å². The van der Waals surface area contributed by atoms with E-state index in [0.717, 1.165) is 29.1 Å². The summed E-state index contributed by atoms with van der Waals surface area (Å²) in [4.78, 5) is 11.8. The van der Waals surface area contributed by atoms with Gasteiger partial charge in [-0.05, 0) is 31.8 Å². The topological polar surface area (TPSA) is 49.8 Å². The van der Waals surface area contributed by atoms with Gasteiger partial charge in [-0.15, -0.1) is 6.58 Å². The summed E-state index contributed by atoms with van der Waals surface area (Å²) in [5, 5.41) is 10.3. The Labute approximate surface area is 108 Å².